The molecule has 8 heteroatoms. The van der Waals surface area contributed by atoms with Crippen molar-refractivity contribution in [1.29, 1.82) is 0 Å². The van der Waals surface area contributed by atoms with E-state index >= 15 is 4.39 Å². The lowest BCUT2D eigenvalue weighted by Crippen LogP contribution is -2.34. The molecule has 0 bridgehead atoms. The van der Waals surface area contributed by atoms with Gasteiger partial charge in [0.2, 0.25) is 0 Å². The molecular weight excluding hydrogens is 491 g/mol. The molecule has 39 heavy (non-hydrogen) atoms. The minimum absolute atomic E-state index is 0.177. The second-order valence-corrected chi connectivity index (χ2v) is 11.8. The molecule has 2 aliphatic rings. The van der Waals surface area contributed by atoms with Gasteiger partial charge in [-0.1, -0.05) is 20.8 Å². The number of nitrogens with zero attached hydrogens (tertiary/aromatic N) is 6. The number of aryl methyl sites for hydroxylation is 1. The molecule has 4 aromatic rings. The third-order valence-electron chi connectivity index (χ3n) is 8.83. The molecule has 4 heterocycles. The average molecular weight is 527 g/mol. The van der Waals surface area contributed by atoms with Gasteiger partial charge in [0, 0.05) is 37.1 Å². The predicted molar refractivity (Wildman–Crippen MR) is 151 cm³/mol. The van der Waals surface area contributed by atoms with E-state index in [0.29, 0.717) is 40.3 Å². The molecule has 1 unspecified atom stereocenters. The Bertz CT molecular complexity index is 1580. The minimum atomic E-state index is -0.463. The summed E-state index contributed by atoms with van der Waals surface area (Å²) in [6, 6.07) is 11.0. The quantitative estimate of drug-likeness (QED) is 0.309. The third-order valence-corrected chi connectivity index (χ3v) is 8.83. The summed E-state index contributed by atoms with van der Waals surface area (Å²) < 4.78 is 17.1. The number of likely N-dealkylation sites (tertiary alicyclic amines) is 1. The van der Waals surface area contributed by atoms with Crippen LogP contribution in [0.5, 0.6) is 0 Å². The Kier molecular flexibility index (Phi) is 6.25. The van der Waals surface area contributed by atoms with Crippen molar-refractivity contribution in [2.24, 2.45) is 18.9 Å². The summed E-state index contributed by atoms with van der Waals surface area (Å²) in [5.41, 5.74) is 2.69. The number of anilines is 2. The fourth-order valence-electron chi connectivity index (χ4n) is 6.42. The van der Waals surface area contributed by atoms with Crippen molar-refractivity contribution in [3.8, 4) is 0 Å². The number of aromatic nitrogens is 4. The van der Waals surface area contributed by atoms with Gasteiger partial charge in [0.25, 0.3) is 5.91 Å². The number of amides is 1. The van der Waals surface area contributed by atoms with Gasteiger partial charge in [0.1, 0.15) is 23.8 Å². The Morgan fingerprint density at radius 2 is 2.00 bits per heavy atom. The van der Waals surface area contributed by atoms with Crippen molar-refractivity contribution in [3.63, 3.8) is 0 Å². The van der Waals surface area contributed by atoms with E-state index in [0.717, 1.165) is 30.0 Å². The fourth-order valence-corrected chi connectivity index (χ4v) is 6.42. The van der Waals surface area contributed by atoms with Crippen LogP contribution in [-0.2, 0) is 19.0 Å². The topological polar surface area (TPSA) is 67.2 Å². The summed E-state index contributed by atoms with van der Waals surface area (Å²) in [6.45, 7) is 11.5. The molecule has 0 saturated carbocycles. The summed E-state index contributed by atoms with van der Waals surface area (Å²) in [7, 11) is 1.94. The van der Waals surface area contributed by atoms with Crippen LogP contribution in [0.15, 0.2) is 48.9 Å². The zero-order valence-electron chi connectivity index (χ0n) is 23.3. The van der Waals surface area contributed by atoms with Gasteiger partial charge >= 0.3 is 0 Å². The summed E-state index contributed by atoms with van der Waals surface area (Å²) in [6.07, 6.45) is 5.85. The second-order valence-electron chi connectivity index (χ2n) is 11.8. The molecule has 202 valence electrons. The first-order valence-electron chi connectivity index (χ1n) is 13.8. The Balaban J connectivity index is 1.42. The first kappa shape index (κ1) is 25.6. The molecule has 2 aromatic heterocycles. The average Bonchev–Trinajstić information content (AvgIpc) is 3.47. The van der Waals surface area contributed by atoms with E-state index in [-0.39, 0.29) is 17.6 Å². The molecule has 1 fully saturated rings. The maximum atomic E-state index is 15.2. The highest BCUT2D eigenvalue weighted by Gasteiger charge is 2.39. The summed E-state index contributed by atoms with van der Waals surface area (Å²) in [4.78, 5) is 22.6. The smallest absolute Gasteiger partial charge is 0.264 e. The molecule has 0 radical (unpaired) electrons. The van der Waals surface area contributed by atoms with Gasteiger partial charge < -0.3 is 4.57 Å². The van der Waals surface area contributed by atoms with Gasteiger partial charge in [-0.2, -0.15) is 0 Å². The van der Waals surface area contributed by atoms with Gasteiger partial charge in [0.15, 0.2) is 0 Å². The van der Waals surface area contributed by atoms with Gasteiger partial charge in [-0.3, -0.25) is 14.6 Å². The maximum absolute atomic E-state index is 15.2. The van der Waals surface area contributed by atoms with E-state index in [9.17, 15) is 4.79 Å². The maximum Gasteiger partial charge on any atom is 0.264 e. The third kappa shape index (κ3) is 4.13. The van der Waals surface area contributed by atoms with Crippen LogP contribution < -0.4 is 4.90 Å². The Morgan fingerprint density at radius 3 is 2.72 bits per heavy atom. The highest BCUT2D eigenvalue weighted by Crippen LogP contribution is 2.44. The molecule has 2 atom stereocenters. The van der Waals surface area contributed by atoms with E-state index < -0.39 is 5.41 Å². The van der Waals surface area contributed by atoms with E-state index in [1.165, 1.54) is 18.9 Å². The van der Waals surface area contributed by atoms with Crippen molar-refractivity contribution in [2.75, 3.05) is 18.0 Å². The Hall–Kier alpha value is -3.65. The molecule has 0 N–H and O–H groups in total. The number of piperidine rings is 1. The van der Waals surface area contributed by atoms with Crippen LogP contribution >= 0.6 is 0 Å². The zero-order valence-corrected chi connectivity index (χ0v) is 23.3. The summed E-state index contributed by atoms with van der Waals surface area (Å²) in [5, 5.41) is 9.69. The molecule has 0 spiro atoms. The van der Waals surface area contributed by atoms with Gasteiger partial charge in [-0.15, -0.1) is 10.2 Å². The second kappa shape index (κ2) is 9.52. The molecular formula is C31H35FN6O. The molecule has 2 aromatic carbocycles. The van der Waals surface area contributed by atoms with Crippen molar-refractivity contribution in [1.82, 2.24) is 24.6 Å². The van der Waals surface area contributed by atoms with Crippen LogP contribution in [0.1, 0.15) is 67.8 Å². The number of pyridine rings is 1. The van der Waals surface area contributed by atoms with E-state index in [2.05, 4.69) is 47.8 Å². The normalized spacial score (nSPS) is 19.3. The highest BCUT2D eigenvalue weighted by molar-refractivity contribution is 6.27. The fraction of sp³-hybridized carbons (Fsp3) is 0.419. The first-order chi connectivity index (χ1) is 18.7. The van der Waals surface area contributed by atoms with E-state index in [1.54, 1.807) is 23.5 Å². The number of rotatable bonds is 6. The van der Waals surface area contributed by atoms with Crippen molar-refractivity contribution >= 4 is 28.2 Å². The standard InChI is InChI=1S/C31H35FN6O/c1-19(2)31(4,30-35-34-18-36(30)5)22-10-11-33-27(15-22)38-26-9-8-25(32)23-13-21(14-24(28(23)26)29(38)39)17-37-12-6-7-20(3)16-37/h8-11,13-15,18-20H,6-7,12,16-17H2,1-5H3/t20-,31?/m0/s1. The predicted octanol–water partition coefficient (Wildman–Crippen LogP) is 5.99. The first-order valence-corrected chi connectivity index (χ1v) is 13.8. The largest absolute Gasteiger partial charge is 0.320 e. The SMILES string of the molecule is CC(C)C(C)(c1ccnc(N2C(=O)c3cc(CN4CCC[C@H](C)C4)cc4c(F)ccc2c34)c1)c1nncn1C. The highest BCUT2D eigenvalue weighted by atomic mass is 19.1. The van der Waals surface area contributed by atoms with Crippen LogP contribution in [0.3, 0.4) is 0 Å². The number of carbonyl (C=O) groups is 1. The summed E-state index contributed by atoms with van der Waals surface area (Å²) in [5.74, 6) is 1.71. The van der Waals surface area contributed by atoms with Crippen molar-refractivity contribution in [3.05, 3.63) is 77.3 Å². The van der Waals surface area contributed by atoms with Gasteiger partial charge in [-0.05, 0) is 85.7 Å². The number of halogens is 1. The Morgan fingerprint density at radius 1 is 1.18 bits per heavy atom. The van der Waals surface area contributed by atoms with Crippen molar-refractivity contribution in [2.45, 2.75) is 52.5 Å². The van der Waals surface area contributed by atoms with E-state index in [1.807, 2.05) is 35.9 Å². The van der Waals surface area contributed by atoms with Crippen molar-refractivity contribution < 1.29 is 9.18 Å². The lowest BCUT2D eigenvalue weighted by atomic mass is 9.72. The Labute approximate surface area is 228 Å². The lowest BCUT2D eigenvalue weighted by Gasteiger charge is -2.33. The molecule has 2 aliphatic heterocycles. The monoisotopic (exact) mass is 526 g/mol. The zero-order chi connectivity index (χ0) is 27.5. The molecule has 6 rings (SSSR count). The number of benzene rings is 2. The van der Waals surface area contributed by atoms with Gasteiger partial charge in [0.05, 0.1) is 16.7 Å². The van der Waals surface area contributed by atoms with Crippen LogP contribution in [0, 0.1) is 17.7 Å². The van der Waals surface area contributed by atoms with Crippen LogP contribution in [-0.4, -0.2) is 43.6 Å². The molecule has 0 aliphatic carbocycles. The van der Waals surface area contributed by atoms with E-state index in [4.69, 9.17) is 0 Å². The molecule has 7 nitrogen and oxygen atoms in total. The van der Waals surface area contributed by atoms with Crippen LogP contribution in [0.2, 0.25) is 0 Å². The summed E-state index contributed by atoms with van der Waals surface area (Å²) >= 11 is 0. The van der Waals surface area contributed by atoms with Crippen LogP contribution in [0.4, 0.5) is 15.9 Å². The van der Waals surface area contributed by atoms with Crippen LogP contribution in [0.25, 0.3) is 10.8 Å². The minimum Gasteiger partial charge on any atom is -0.320 e. The number of carbonyl (C=O) groups excluding carboxylic acids is 1. The number of hydrogen-bond donors (Lipinski definition) is 0. The number of hydrogen-bond acceptors (Lipinski definition) is 5. The van der Waals surface area contributed by atoms with Gasteiger partial charge in [-0.25, -0.2) is 9.37 Å². The molecule has 1 amide bonds. The lowest BCUT2D eigenvalue weighted by molar-refractivity contribution is 0.100. The molecule has 1 saturated heterocycles.